The Hall–Kier alpha value is -0.450. The molecule has 0 saturated carbocycles. The van der Waals surface area contributed by atoms with Crippen molar-refractivity contribution in [2.45, 2.75) is 39.0 Å². The van der Waals surface area contributed by atoms with Crippen LogP contribution in [0, 0.1) is 0 Å². The van der Waals surface area contributed by atoms with E-state index in [1.807, 2.05) is 12.3 Å². The van der Waals surface area contributed by atoms with Crippen LogP contribution in [0.3, 0.4) is 0 Å². The molecule has 2 rings (SSSR count). The molecule has 0 aromatic carbocycles. The van der Waals surface area contributed by atoms with E-state index in [-0.39, 0.29) is 0 Å². The number of hydrogen-bond donors (Lipinski definition) is 0. The molecule has 3 nitrogen and oxygen atoms in total. The Kier molecular flexibility index (Phi) is 4.54. The monoisotopic (exact) mass is 298 g/mol. The minimum atomic E-state index is 0.327. The molecule has 0 aliphatic carbocycles. The SMILES string of the molecule is CCC1COC(C)CN1Cc1ccc(Br)cn1. The van der Waals surface area contributed by atoms with Gasteiger partial charge in [0.1, 0.15) is 0 Å². The standard InChI is InChI=1S/C13H19BrN2O/c1-3-13-9-17-10(2)7-16(13)8-12-5-4-11(14)6-15-12/h4-6,10,13H,3,7-9H2,1-2H3. The van der Waals surface area contributed by atoms with Gasteiger partial charge in [0.05, 0.1) is 18.4 Å². The Balaban J connectivity index is 2.02. The Morgan fingerprint density at radius 2 is 2.35 bits per heavy atom. The first-order valence-electron chi connectivity index (χ1n) is 6.15. The van der Waals surface area contributed by atoms with Crippen LogP contribution in [-0.4, -0.2) is 35.2 Å². The average molecular weight is 299 g/mol. The van der Waals surface area contributed by atoms with Crippen LogP contribution in [0.25, 0.3) is 0 Å². The number of nitrogens with zero attached hydrogens (tertiary/aromatic N) is 2. The molecule has 1 aliphatic heterocycles. The summed E-state index contributed by atoms with van der Waals surface area (Å²) in [4.78, 5) is 6.91. The van der Waals surface area contributed by atoms with Gasteiger partial charge < -0.3 is 4.74 Å². The maximum atomic E-state index is 5.70. The third-order valence-corrected chi connectivity index (χ3v) is 3.68. The summed E-state index contributed by atoms with van der Waals surface area (Å²) in [7, 11) is 0. The van der Waals surface area contributed by atoms with Gasteiger partial charge in [0.25, 0.3) is 0 Å². The summed E-state index contributed by atoms with van der Waals surface area (Å²) < 4.78 is 6.73. The topological polar surface area (TPSA) is 25.4 Å². The number of pyridine rings is 1. The molecule has 17 heavy (non-hydrogen) atoms. The van der Waals surface area contributed by atoms with E-state index in [0.717, 1.165) is 36.3 Å². The number of aromatic nitrogens is 1. The minimum Gasteiger partial charge on any atom is -0.376 e. The van der Waals surface area contributed by atoms with Gasteiger partial charge in [0, 0.05) is 29.8 Å². The molecule has 2 unspecified atom stereocenters. The number of halogens is 1. The lowest BCUT2D eigenvalue weighted by molar-refractivity contribution is -0.0595. The summed E-state index contributed by atoms with van der Waals surface area (Å²) in [5.41, 5.74) is 1.13. The highest BCUT2D eigenvalue weighted by Crippen LogP contribution is 2.17. The molecule has 1 aliphatic rings. The molecular weight excluding hydrogens is 280 g/mol. The third-order valence-electron chi connectivity index (χ3n) is 3.21. The lowest BCUT2D eigenvalue weighted by Gasteiger charge is -2.38. The molecule has 2 atom stereocenters. The molecule has 0 N–H and O–H groups in total. The molecule has 1 aromatic heterocycles. The number of morpholine rings is 1. The average Bonchev–Trinajstić information content (AvgIpc) is 2.32. The summed E-state index contributed by atoms with van der Waals surface area (Å²) in [6.45, 7) is 7.10. The van der Waals surface area contributed by atoms with E-state index in [4.69, 9.17) is 4.74 Å². The molecule has 2 heterocycles. The van der Waals surface area contributed by atoms with Crippen LogP contribution in [0.15, 0.2) is 22.8 Å². The van der Waals surface area contributed by atoms with Crippen LogP contribution in [-0.2, 0) is 11.3 Å². The van der Waals surface area contributed by atoms with E-state index in [0.29, 0.717) is 12.1 Å². The normalized spacial score (nSPS) is 26.1. The fourth-order valence-electron chi connectivity index (χ4n) is 2.19. The molecule has 1 saturated heterocycles. The predicted octanol–water partition coefficient (Wildman–Crippen LogP) is 2.84. The molecule has 1 aromatic rings. The zero-order valence-corrected chi connectivity index (χ0v) is 12.0. The molecule has 0 amide bonds. The zero-order chi connectivity index (χ0) is 12.3. The fourth-order valence-corrected chi connectivity index (χ4v) is 2.43. The highest BCUT2D eigenvalue weighted by molar-refractivity contribution is 9.10. The zero-order valence-electron chi connectivity index (χ0n) is 10.4. The summed E-state index contributed by atoms with van der Waals surface area (Å²) in [5.74, 6) is 0. The van der Waals surface area contributed by atoms with E-state index >= 15 is 0 Å². The third kappa shape index (κ3) is 3.50. The largest absolute Gasteiger partial charge is 0.376 e. The molecule has 0 bridgehead atoms. The summed E-state index contributed by atoms with van der Waals surface area (Å²) in [5, 5.41) is 0. The van der Waals surface area contributed by atoms with Crippen LogP contribution in [0.2, 0.25) is 0 Å². The van der Waals surface area contributed by atoms with Crippen molar-refractivity contribution >= 4 is 15.9 Å². The van der Waals surface area contributed by atoms with Gasteiger partial charge in [-0.15, -0.1) is 0 Å². The van der Waals surface area contributed by atoms with Crippen molar-refractivity contribution < 1.29 is 4.74 Å². The van der Waals surface area contributed by atoms with Gasteiger partial charge in [-0.3, -0.25) is 9.88 Å². The Bertz CT molecular complexity index is 355. The molecule has 4 heteroatoms. The lowest BCUT2D eigenvalue weighted by atomic mass is 10.1. The number of rotatable bonds is 3. The highest BCUT2D eigenvalue weighted by Gasteiger charge is 2.25. The second-order valence-electron chi connectivity index (χ2n) is 4.60. The Labute approximate surface area is 111 Å². The fraction of sp³-hybridized carbons (Fsp3) is 0.615. The van der Waals surface area contributed by atoms with Crippen molar-refractivity contribution in [1.82, 2.24) is 9.88 Å². The van der Waals surface area contributed by atoms with Gasteiger partial charge >= 0.3 is 0 Å². The predicted molar refractivity (Wildman–Crippen MR) is 71.8 cm³/mol. The van der Waals surface area contributed by atoms with E-state index in [1.165, 1.54) is 0 Å². The number of ether oxygens (including phenoxy) is 1. The number of hydrogen-bond acceptors (Lipinski definition) is 3. The molecular formula is C13H19BrN2O. The summed E-state index contributed by atoms with van der Waals surface area (Å²) >= 11 is 3.41. The molecule has 0 spiro atoms. The summed E-state index contributed by atoms with van der Waals surface area (Å²) in [6, 6.07) is 4.65. The lowest BCUT2D eigenvalue weighted by Crippen LogP contribution is -2.47. The van der Waals surface area contributed by atoms with Gasteiger partial charge in [-0.25, -0.2) is 0 Å². The van der Waals surface area contributed by atoms with E-state index in [2.05, 4.69) is 45.7 Å². The van der Waals surface area contributed by atoms with Crippen LogP contribution in [0.5, 0.6) is 0 Å². The van der Waals surface area contributed by atoms with Crippen LogP contribution in [0.1, 0.15) is 26.0 Å². The van der Waals surface area contributed by atoms with Crippen LogP contribution < -0.4 is 0 Å². The quantitative estimate of drug-likeness (QED) is 0.858. The van der Waals surface area contributed by atoms with Gasteiger partial charge in [-0.05, 0) is 41.4 Å². The Morgan fingerprint density at radius 1 is 1.53 bits per heavy atom. The maximum Gasteiger partial charge on any atom is 0.0674 e. The smallest absolute Gasteiger partial charge is 0.0674 e. The highest BCUT2D eigenvalue weighted by atomic mass is 79.9. The first-order chi connectivity index (χ1) is 8.19. The molecule has 0 radical (unpaired) electrons. The van der Waals surface area contributed by atoms with Crippen molar-refractivity contribution in [3.05, 3.63) is 28.5 Å². The second-order valence-corrected chi connectivity index (χ2v) is 5.52. The molecule has 94 valence electrons. The van der Waals surface area contributed by atoms with Gasteiger partial charge in [0.15, 0.2) is 0 Å². The summed E-state index contributed by atoms with van der Waals surface area (Å²) in [6.07, 6.45) is 3.32. The van der Waals surface area contributed by atoms with E-state index in [9.17, 15) is 0 Å². The van der Waals surface area contributed by atoms with Crippen molar-refractivity contribution in [1.29, 1.82) is 0 Å². The first-order valence-corrected chi connectivity index (χ1v) is 6.94. The van der Waals surface area contributed by atoms with Gasteiger partial charge in [-0.2, -0.15) is 0 Å². The minimum absolute atomic E-state index is 0.327. The second kappa shape index (κ2) is 5.94. The van der Waals surface area contributed by atoms with Crippen molar-refractivity contribution in [3.63, 3.8) is 0 Å². The van der Waals surface area contributed by atoms with Crippen molar-refractivity contribution in [2.75, 3.05) is 13.2 Å². The van der Waals surface area contributed by atoms with Crippen molar-refractivity contribution in [2.24, 2.45) is 0 Å². The van der Waals surface area contributed by atoms with E-state index < -0.39 is 0 Å². The van der Waals surface area contributed by atoms with Gasteiger partial charge in [0.2, 0.25) is 0 Å². The molecule has 1 fully saturated rings. The van der Waals surface area contributed by atoms with Crippen LogP contribution in [0.4, 0.5) is 0 Å². The van der Waals surface area contributed by atoms with E-state index in [1.54, 1.807) is 0 Å². The van der Waals surface area contributed by atoms with Crippen molar-refractivity contribution in [3.8, 4) is 0 Å². The van der Waals surface area contributed by atoms with Gasteiger partial charge in [-0.1, -0.05) is 6.92 Å². The maximum absolute atomic E-state index is 5.70. The Morgan fingerprint density at radius 3 is 3.00 bits per heavy atom. The first kappa shape index (κ1) is 13.0. The van der Waals surface area contributed by atoms with Crippen LogP contribution >= 0.6 is 15.9 Å².